The third-order valence-corrected chi connectivity index (χ3v) is 6.08. The van der Waals surface area contributed by atoms with Crippen molar-refractivity contribution in [3.05, 3.63) is 30.1 Å². The molecular formula is C14H17BrFN3S. The van der Waals surface area contributed by atoms with Crippen molar-refractivity contribution >= 4 is 38.5 Å². The Bertz CT molecular complexity index is 503. The van der Waals surface area contributed by atoms with Crippen LogP contribution in [0.25, 0.3) is 0 Å². The molecule has 1 atom stereocenters. The van der Waals surface area contributed by atoms with Gasteiger partial charge in [0.2, 0.25) is 0 Å². The third kappa shape index (κ3) is 2.96. The minimum Gasteiger partial charge on any atom is -0.366 e. The summed E-state index contributed by atoms with van der Waals surface area (Å²) in [6.45, 7) is 4.42. The van der Waals surface area contributed by atoms with Crippen molar-refractivity contribution in [2.24, 2.45) is 4.99 Å². The van der Waals surface area contributed by atoms with Crippen LogP contribution in [0.2, 0.25) is 0 Å². The van der Waals surface area contributed by atoms with Crippen molar-refractivity contribution in [1.29, 1.82) is 0 Å². The Kier molecular flexibility index (Phi) is 4.51. The number of alkyl halides is 1. The van der Waals surface area contributed by atoms with Crippen molar-refractivity contribution in [2.45, 2.75) is 5.25 Å². The zero-order valence-corrected chi connectivity index (χ0v) is 13.5. The van der Waals surface area contributed by atoms with Crippen molar-refractivity contribution in [3.63, 3.8) is 0 Å². The highest BCUT2D eigenvalue weighted by Crippen LogP contribution is 2.27. The van der Waals surface area contributed by atoms with Gasteiger partial charge in [-0.1, -0.05) is 39.8 Å². The number of hydrogen-bond acceptors (Lipinski definition) is 4. The number of benzene rings is 1. The Morgan fingerprint density at radius 3 is 2.55 bits per heavy atom. The number of piperazine rings is 1. The van der Waals surface area contributed by atoms with E-state index in [-0.39, 0.29) is 5.82 Å². The van der Waals surface area contributed by atoms with Crippen LogP contribution >= 0.6 is 27.7 Å². The molecule has 20 heavy (non-hydrogen) atoms. The van der Waals surface area contributed by atoms with Gasteiger partial charge in [-0.25, -0.2) is 4.39 Å². The Morgan fingerprint density at radius 2 is 1.90 bits per heavy atom. The number of para-hydroxylation sites is 1. The molecule has 0 bridgehead atoms. The summed E-state index contributed by atoms with van der Waals surface area (Å²) in [5.41, 5.74) is 0.714. The molecule has 1 saturated heterocycles. The first kappa shape index (κ1) is 14.2. The maximum atomic E-state index is 13.8. The summed E-state index contributed by atoms with van der Waals surface area (Å²) in [5, 5.41) is 2.71. The van der Waals surface area contributed by atoms with Gasteiger partial charge in [-0.15, -0.1) is 0 Å². The van der Waals surface area contributed by atoms with Gasteiger partial charge in [0.15, 0.2) is 5.17 Å². The molecule has 0 saturated carbocycles. The summed E-state index contributed by atoms with van der Waals surface area (Å²) in [5.74, 6) is -0.132. The maximum Gasteiger partial charge on any atom is 0.159 e. The van der Waals surface area contributed by atoms with E-state index in [1.807, 2.05) is 23.9 Å². The van der Waals surface area contributed by atoms with E-state index in [1.54, 1.807) is 6.07 Å². The molecule has 108 valence electrons. The number of anilines is 1. The lowest BCUT2D eigenvalue weighted by atomic mass is 10.2. The zero-order valence-electron chi connectivity index (χ0n) is 11.1. The van der Waals surface area contributed by atoms with Crippen LogP contribution in [0, 0.1) is 5.82 Å². The summed E-state index contributed by atoms with van der Waals surface area (Å²) in [6, 6.07) is 7.01. The normalized spacial score (nSPS) is 23.1. The number of amidine groups is 1. The Labute approximate surface area is 131 Å². The molecule has 0 aliphatic carbocycles. The van der Waals surface area contributed by atoms with Crippen LogP contribution in [0.5, 0.6) is 0 Å². The van der Waals surface area contributed by atoms with Crippen LogP contribution in [0.3, 0.4) is 0 Å². The second-order valence-electron chi connectivity index (χ2n) is 4.94. The lowest BCUT2D eigenvalue weighted by Crippen LogP contribution is -2.48. The fourth-order valence-corrected chi connectivity index (χ4v) is 4.10. The van der Waals surface area contributed by atoms with Gasteiger partial charge in [0, 0.05) is 36.8 Å². The predicted molar refractivity (Wildman–Crippen MR) is 87.7 cm³/mol. The van der Waals surface area contributed by atoms with E-state index in [9.17, 15) is 4.39 Å². The maximum absolute atomic E-state index is 13.8. The fraction of sp³-hybridized carbons (Fsp3) is 0.500. The number of thioether (sulfide) groups is 1. The second kappa shape index (κ2) is 6.35. The highest BCUT2D eigenvalue weighted by molar-refractivity contribution is 9.09. The summed E-state index contributed by atoms with van der Waals surface area (Å²) >= 11 is 5.37. The van der Waals surface area contributed by atoms with E-state index in [2.05, 4.69) is 30.7 Å². The van der Waals surface area contributed by atoms with Crippen molar-refractivity contribution < 1.29 is 4.39 Å². The van der Waals surface area contributed by atoms with Crippen molar-refractivity contribution in [2.75, 3.05) is 43.0 Å². The number of halogens is 2. The summed E-state index contributed by atoms with van der Waals surface area (Å²) in [6.07, 6.45) is 0. The van der Waals surface area contributed by atoms with Crippen LogP contribution in [0.15, 0.2) is 29.3 Å². The molecule has 2 heterocycles. The first-order valence-electron chi connectivity index (χ1n) is 6.79. The summed E-state index contributed by atoms with van der Waals surface area (Å²) < 4.78 is 13.8. The van der Waals surface area contributed by atoms with Gasteiger partial charge in [0.25, 0.3) is 0 Å². The molecular weight excluding hydrogens is 341 g/mol. The second-order valence-corrected chi connectivity index (χ2v) is 6.86. The molecule has 1 aromatic carbocycles. The third-order valence-electron chi connectivity index (χ3n) is 3.62. The average Bonchev–Trinajstić information content (AvgIpc) is 2.97. The molecule has 1 unspecified atom stereocenters. The molecule has 2 aliphatic rings. The van der Waals surface area contributed by atoms with Crippen LogP contribution in [0.4, 0.5) is 10.1 Å². The highest BCUT2D eigenvalue weighted by atomic mass is 79.9. The lowest BCUT2D eigenvalue weighted by molar-refractivity contribution is 0.390. The Morgan fingerprint density at radius 1 is 1.20 bits per heavy atom. The molecule has 6 heteroatoms. The van der Waals surface area contributed by atoms with Crippen molar-refractivity contribution in [3.8, 4) is 0 Å². The van der Waals surface area contributed by atoms with E-state index >= 15 is 0 Å². The van der Waals surface area contributed by atoms with Gasteiger partial charge in [0.05, 0.1) is 12.2 Å². The zero-order chi connectivity index (χ0) is 13.9. The van der Waals surface area contributed by atoms with E-state index in [1.165, 1.54) is 6.07 Å². The van der Waals surface area contributed by atoms with Crippen LogP contribution in [-0.2, 0) is 0 Å². The summed E-state index contributed by atoms with van der Waals surface area (Å²) in [4.78, 5) is 9.05. The van der Waals surface area contributed by atoms with E-state index in [0.717, 1.165) is 43.2 Å². The molecule has 3 nitrogen and oxygen atoms in total. The SMILES string of the molecule is Fc1ccccc1N1CCN(C2=NCC(CBr)S2)CC1. The number of hydrogen-bond donors (Lipinski definition) is 0. The number of nitrogens with zero attached hydrogens (tertiary/aromatic N) is 3. The summed E-state index contributed by atoms with van der Waals surface area (Å²) in [7, 11) is 0. The fourth-order valence-electron chi connectivity index (χ4n) is 2.51. The first-order valence-corrected chi connectivity index (χ1v) is 8.79. The smallest absolute Gasteiger partial charge is 0.159 e. The monoisotopic (exact) mass is 357 g/mol. The van der Waals surface area contributed by atoms with Gasteiger partial charge >= 0.3 is 0 Å². The lowest BCUT2D eigenvalue weighted by Gasteiger charge is -2.37. The predicted octanol–water partition coefficient (Wildman–Crippen LogP) is 2.81. The van der Waals surface area contributed by atoms with Crippen LogP contribution < -0.4 is 4.90 Å². The number of rotatable bonds is 2. The minimum absolute atomic E-state index is 0.132. The number of aliphatic imine (C=N–C) groups is 1. The molecule has 3 rings (SSSR count). The van der Waals surface area contributed by atoms with Gasteiger partial charge < -0.3 is 9.80 Å². The first-order chi connectivity index (χ1) is 9.78. The Hall–Kier alpha value is -0.750. The molecule has 2 aliphatic heterocycles. The largest absolute Gasteiger partial charge is 0.366 e. The molecule has 0 amide bonds. The average molecular weight is 358 g/mol. The van der Waals surface area contributed by atoms with Crippen molar-refractivity contribution in [1.82, 2.24) is 4.90 Å². The molecule has 1 fully saturated rings. The van der Waals surface area contributed by atoms with Crippen LogP contribution in [0.1, 0.15) is 0 Å². The van der Waals surface area contributed by atoms with Gasteiger partial charge in [-0.2, -0.15) is 0 Å². The van der Waals surface area contributed by atoms with Gasteiger partial charge in [0.1, 0.15) is 5.82 Å². The molecule has 0 spiro atoms. The molecule has 0 aromatic heterocycles. The minimum atomic E-state index is -0.132. The van der Waals surface area contributed by atoms with Gasteiger partial charge in [-0.3, -0.25) is 4.99 Å². The van der Waals surface area contributed by atoms with Crippen LogP contribution in [-0.4, -0.2) is 53.4 Å². The molecule has 0 radical (unpaired) electrons. The van der Waals surface area contributed by atoms with E-state index in [4.69, 9.17) is 0 Å². The van der Waals surface area contributed by atoms with E-state index < -0.39 is 0 Å². The van der Waals surface area contributed by atoms with E-state index in [0.29, 0.717) is 10.9 Å². The standard InChI is InChI=1S/C14H17BrFN3S/c15-9-11-10-17-14(20-11)19-7-5-18(6-8-19)13-4-2-1-3-12(13)16/h1-4,11H,5-10H2. The molecule has 0 N–H and O–H groups in total. The van der Waals surface area contributed by atoms with Gasteiger partial charge in [-0.05, 0) is 12.1 Å². The molecule has 1 aromatic rings. The highest BCUT2D eigenvalue weighted by Gasteiger charge is 2.26. The Balaban J connectivity index is 1.59. The topological polar surface area (TPSA) is 18.8 Å². The quantitative estimate of drug-likeness (QED) is 0.758.